The third-order valence-corrected chi connectivity index (χ3v) is 11.1. The van der Waals surface area contributed by atoms with Crippen LogP contribution in [-0.2, 0) is 5.41 Å². The van der Waals surface area contributed by atoms with Crippen molar-refractivity contribution in [2.24, 2.45) is 0 Å². The highest BCUT2D eigenvalue weighted by atomic mass is 32.1. The average Bonchev–Trinajstić information content (AvgIpc) is 3.61. The second-order valence-electron chi connectivity index (χ2n) is 13.0. The fraction of sp³-hybridized carbons (Fsp3) is 0.0667. The van der Waals surface area contributed by atoms with E-state index in [2.05, 4.69) is 183 Å². The quantitative estimate of drug-likeness (QED) is 0.185. The molecule has 1 heterocycles. The van der Waals surface area contributed by atoms with Crippen molar-refractivity contribution >= 4 is 48.6 Å². The highest BCUT2D eigenvalue weighted by Gasteiger charge is 2.35. The van der Waals surface area contributed by atoms with Crippen molar-refractivity contribution in [2.75, 3.05) is 4.90 Å². The molecule has 2 heteroatoms. The fourth-order valence-electron chi connectivity index (χ4n) is 7.49. The van der Waals surface area contributed by atoms with Gasteiger partial charge in [0, 0.05) is 48.2 Å². The first-order chi connectivity index (χ1) is 23.1. The maximum absolute atomic E-state index is 2.45. The number of hydrogen-bond acceptors (Lipinski definition) is 2. The molecule has 224 valence electrons. The minimum Gasteiger partial charge on any atom is -0.310 e. The van der Waals surface area contributed by atoms with Crippen LogP contribution in [0, 0.1) is 0 Å². The zero-order valence-corrected chi connectivity index (χ0v) is 27.3. The summed E-state index contributed by atoms with van der Waals surface area (Å²) in [6, 6.07) is 60.1. The predicted molar refractivity (Wildman–Crippen MR) is 202 cm³/mol. The lowest BCUT2D eigenvalue weighted by Gasteiger charge is -2.29. The summed E-state index contributed by atoms with van der Waals surface area (Å²) in [5.41, 5.74) is 13.7. The lowest BCUT2D eigenvalue weighted by Crippen LogP contribution is -2.16. The van der Waals surface area contributed by atoms with Crippen LogP contribution in [0.4, 0.5) is 17.1 Å². The normalized spacial score (nSPS) is 13.1. The van der Waals surface area contributed by atoms with Crippen molar-refractivity contribution in [3.05, 3.63) is 175 Å². The fourth-order valence-corrected chi connectivity index (χ4v) is 8.71. The Morgan fingerprint density at radius 3 is 1.83 bits per heavy atom. The lowest BCUT2D eigenvalue weighted by atomic mass is 9.82. The molecule has 0 unspecified atom stereocenters. The average molecular weight is 620 g/mol. The molecule has 0 amide bonds. The number of fused-ring (bicyclic) bond motifs is 6. The lowest BCUT2D eigenvalue weighted by molar-refractivity contribution is 0.660. The van der Waals surface area contributed by atoms with Crippen LogP contribution in [0.15, 0.2) is 164 Å². The first-order valence-electron chi connectivity index (χ1n) is 16.3. The van der Waals surface area contributed by atoms with Gasteiger partial charge in [-0.1, -0.05) is 135 Å². The molecule has 0 saturated carbocycles. The number of hydrogen-bond donors (Lipinski definition) is 0. The molecule has 1 nitrogen and oxygen atoms in total. The summed E-state index contributed by atoms with van der Waals surface area (Å²) in [6.45, 7) is 4.72. The molecule has 0 N–H and O–H groups in total. The molecule has 0 atom stereocenters. The number of nitrogens with zero attached hydrogens (tertiary/aromatic N) is 1. The van der Waals surface area contributed by atoms with Crippen LogP contribution in [-0.4, -0.2) is 0 Å². The molecular weight excluding hydrogens is 587 g/mol. The van der Waals surface area contributed by atoms with Crippen molar-refractivity contribution in [3.63, 3.8) is 0 Å². The van der Waals surface area contributed by atoms with Gasteiger partial charge in [-0.15, -0.1) is 11.3 Å². The molecule has 1 aliphatic rings. The van der Waals surface area contributed by atoms with Gasteiger partial charge < -0.3 is 4.90 Å². The van der Waals surface area contributed by atoms with Crippen molar-refractivity contribution in [1.29, 1.82) is 0 Å². The van der Waals surface area contributed by atoms with E-state index in [0.29, 0.717) is 0 Å². The van der Waals surface area contributed by atoms with E-state index in [1.54, 1.807) is 0 Å². The Hall–Kier alpha value is -5.44. The van der Waals surface area contributed by atoms with Gasteiger partial charge in [0.2, 0.25) is 0 Å². The van der Waals surface area contributed by atoms with Gasteiger partial charge in [-0.2, -0.15) is 0 Å². The maximum Gasteiger partial charge on any atom is 0.0475 e. The van der Waals surface area contributed by atoms with Gasteiger partial charge in [-0.25, -0.2) is 0 Å². The summed E-state index contributed by atoms with van der Waals surface area (Å²) in [4.78, 5) is 2.45. The topological polar surface area (TPSA) is 3.24 Å². The SMILES string of the molecule is CC1(C)c2ccccc2-c2ccc(N(c3ccc(-c4ccccc4)cc3)c3cc(-c4ccccc4)c4sc5ccccc5c4c3)cc21. The molecule has 0 radical (unpaired) electrons. The predicted octanol–water partition coefficient (Wildman–Crippen LogP) is 13.2. The summed E-state index contributed by atoms with van der Waals surface area (Å²) in [6.07, 6.45) is 0. The van der Waals surface area contributed by atoms with Crippen molar-refractivity contribution < 1.29 is 0 Å². The van der Waals surface area contributed by atoms with Crippen molar-refractivity contribution in [1.82, 2.24) is 0 Å². The monoisotopic (exact) mass is 619 g/mol. The van der Waals surface area contributed by atoms with Crippen LogP contribution in [0.1, 0.15) is 25.0 Å². The van der Waals surface area contributed by atoms with Gasteiger partial charge >= 0.3 is 0 Å². The summed E-state index contributed by atoms with van der Waals surface area (Å²) in [5, 5.41) is 2.60. The summed E-state index contributed by atoms with van der Waals surface area (Å²) in [7, 11) is 0. The molecule has 1 aliphatic carbocycles. The molecule has 7 aromatic carbocycles. The summed E-state index contributed by atoms with van der Waals surface area (Å²) in [5.74, 6) is 0. The Bertz CT molecular complexity index is 2420. The third-order valence-electron chi connectivity index (χ3n) is 9.86. The van der Waals surface area contributed by atoms with Crippen molar-refractivity contribution in [2.45, 2.75) is 19.3 Å². The molecule has 47 heavy (non-hydrogen) atoms. The minimum atomic E-state index is -0.0898. The van der Waals surface area contributed by atoms with Crippen LogP contribution >= 0.6 is 11.3 Å². The second kappa shape index (κ2) is 10.8. The Balaban J connectivity index is 1.29. The Morgan fingerprint density at radius 2 is 1.04 bits per heavy atom. The van der Waals surface area contributed by atoms with Crippen LogP contribution in [0.3, 0.4) is 0 Å². The van der Waals surface area contributed by atoms with E-state index in [4.69, 9.17) is 0 Å². The molecule has 0 bridgehead atoms. The van der Waals surface area contributed by atoms with Gasteiger partial charge in [0.25, 0.3) is 0 Å². The molecule has 0 saturated heterocycles. The van der Waals surface area contributed by atoms with Gasteiger partial charge in [0.1, 0.15) is 0 Å². The molecule has 0 spiro atoms. The zero-order valence-electron chi connectivity index (χ0n) is 26.4. The van der Waals surface area contributed by atoms with E-state index in [-0.39, 0.29) is 5.41 Å². The van der Waals surface area contributed by atoms with E-state index in [9.17, 15) is 0 Å². The third kappa shape index (κ3) is 4.52. The summed E-state index contributed by atoms with van der Waals surface area (Å²) < 4.78 is 2.64. The van der Waals surface area contributed by atoms with Crippen LogP contribution < -0.4 is 4.90 Å². The van der Waals surface area contributed by atoms with Gasteiger partial charge in [0.05, 0.1) is 0 Å². The van der Waals surface area contributed by atoms with E-state index in [0.717, 1.165) is 17.1 Å². The highest BCUT2D eigenvalue weighted by molar-refractivity contribution is 7.26. The van der Waals surface area contributed by atoms with Gasteiger partial charge in [0.15, 0.2) is 0 Å². The van der Waals surface area contributed by atoms with E-state index >= 15 is 0 Å². The number of thiophene rings is 1. The van der Waals surface area contributed by atoms with Gasteiger partial charge in [-0.3, -0.25) is 0 Å². The summed E-state index contributed by atoms with van der Waals surface area (Å²) >= 11 is 1.89. The van der Waals surface area contributed by atoms with E-state index in [1.165, 1.54) is 64.7 Å². The maximum atomic E-state index is 2.45. The zero-order chi connectivity index (χ0) is 31.5. The number of benzene rings is 7. The van der Waals surface area contributed by atoms with Crippen LogP contribution in [0.25, 0.3) is 53.6 Å². The molecular formula is C45H33NS. The van der Waals surface area contributed by atoms with Gasteiger partial charge in [-0.05, 0) is 81.4 Å². The molecule has 1 aromatic heterocycles. The van der Waals surface area contributed by atoms with E-state index in [1.807, 2.05) is 11.3 Å². The minimum absolute atomic E-state index is 0.0898. The number of anilines is 3. The van der Waals surface area contributed by atoms with Crippen LogP contribution in [0.2, 0.25) is 0 Å². The first-order valence-corrected chi connectivity index (χ1v) is 17.1. The largest absolute Gasteiger partial charge is 0.310 e. The Labute approximate surface area is 280 Å². The molecule has 8 aromatic rings. The Kier molecular flexibility index (Phi) is 6.41. The highest BCUT2D eigenvalue weighted by Crippen LogP contribution is 2.51. The molecule has 0 aliphatic heterocycles. The smallest absolute Gasteiger partial charge is 0.0475 e. The van der Waals surface area contributed by atoms with Crippen molar-refractivity contribution in [3.8, 4) is 33.4 Å². The Morgan fingerprint density at radius 1 is 0.426 bits per heavy atom. The standard InChI is InChI=1S/C45H33NS/c1-45(2)41-19-11-9-17-36(41)37-26-25-34(29-42(37)45)46(33-23-21-31(22-24-33)30-13-5-3-6-14-30)35-27-39(32-15-7-4-8-16-32)44-40(28-35)38-18-10-12-20-43(38)47-44/h3-29H,1-2H3. The molecule has 9 rings (SSSR count). The van der Waals surface area contributed by atoms with Crippen LogP contribution in [0.5, 0.6) is 0 Å². The molecule has 0 fully saturated rings. The van der Waals surface area contributed by atoms with E-state index < -0.39 is 0 Å². The first kappa shape index (κ1) is 27.8. The number of rotatable bonds is 5. The second-order valence-corrected chi connectivity index (χ2v) is 14.0.